The van der Waals surface area contributed by atoms with Crippen LogP contribution in [-0.2, 0) is 13.1 Å². The molecule has 26 heavy (non-hydrogen) atoms. The van der Waals surface area contributed by atoms with Gasteiger partial charge >= 0.3 is 5.69 Å². The van der Waals surface area contributed by atoms with Crippen LogP contribution >= 0.6 is 0 Å². The van der Waals surface area contributed by atoms with Gasteiger partial charge in [0.25, 0.3) is 0 Å². The Morgan fingerprint density at radius 2 is 1.73 bits per heavy atom. The first kappa shape index (κ1) is 16.4. The summed E-state index contributed by atoms with van der Waals surface area (Å²) < 4.78 is 3.63. The molecule has 0 aliphatic carbocycles. The van der Waals surface area contributed by atoms with E-state index in [1.165, 1.54) is 5.56 Å². The zero-order valence-electron chi connectivity index (χ0n) is 15.3. The third-order valence-electron chi connectivity index (χ3n) is 4.83. The second-order valence-corrected chi connectivity index (χ2v) is 6.49. The summed E-state index contributed by atoms with van der Waals surface area (Å²) in [6, 6.07) is 14.4. The Morgan fingerprint density at radius 1 is 0.962 bits per heavy atom. The highest BCUT2D eigenvalue weighted by atomic mass is 16.1. The summed E-state index contributed by atoms with van der Waals surface area (Å²) in [6.45, 7) is 7.40. The Balaban J connectivity index is 1.82. The molecule has 1 N–H and O–H groups in total. The topological polar surface area (TPSA) is 55.6 Å². The Kier molecular flexibility index (Phi) is 3.99. The number of rotatable bonds is 4. The van der Waals surface area contributed by atoms with Gasteiger partial charge in [0, 0.05) is 24.2 Å². The summed E-state index contributed by atoms with van der Waals surface area (Å²) in [6.07, 6.45) is 1.85. The van der Waals surface area contributed by atoms with E-state index < -0.39 is 0 Å². The van der Waals surface area contributed by atoms with Crippen molar-refractivity contribution in [2.75, 3.05) is 0 Å². The molecule has 2 aromatic carbocycles. The van der Waals surface area contributed by atoms with Crippen LogP contribution in [0.2, 0.25) is 0 Å². The van der Waals surface area contributed by atoms with Crippen LogP contribution in [0, 0.1) is 6.92 Å². The van der Waals surface area contributed by atoms with Gasteiger partial charge in [-0.3, -0.25) is 9.13 Å². The molecule has 0 saturated heterocycles. The SMILES string of the molecule is CCn1c(=O)n(CC)c2cc(-c3cnc(-c4cccc(C)c4)[nH]3)ccc21. The monoisotopic (exact) mass is 346 g/mol. The molecule has 0 spiro atoms. The molecule has 0 atom stereocenters. The van der Waals surface area contributed by atoms with Gasteiger partial charge in [0.2, 0.25) is 0 Å². The highest BCUT2D eigenvalue weighted by Crippen LogP contribution is 2.26. The van der Waals surface area contributed by atoms with Crippen LogP contribution in [0.4, 0.5) is 0 Å². The lowest BCUT2D eigenvalue weighted by Crippen LogP contribution is -2.22. The van der Waals surface area contributed by atoms with Crippen molar-refractivity contribution in [3.05, 3.63) is 64.7 Å². The summed E-state index contributed by atoms with van der Waals surface area (Å²) in [5, 5.41) is 0. The minimum atomic E-state index is 0.0483. The van der Waals surface area contributed by atoms with Gasteiger partial charge in [-0.25, -0.2) is 9.78 Å². The zero-order valence-corrected chi connectivity index (χ0v) is 15.3. The lowest BCUT2D eigenvalue weighted by atomic mass is 10.1. The maximum atomic E-state index is 12.5. The number of aromatic nitrogens is 4. The van der Waals surface area contributed by atoms with E-state index in [9.17, 15) is 4.79 Å². The number of benzene rings is 2. The molecule has 0 radical (unpaired) electrons. The summed E-state index contributed by atoms with van der Waals surface area (Å²) in [7, 11) is 0. The number of hydrogen-bond donors (Lipinski definition) is 1. The van der Waals surface area contributed by atoms with Gasteiger partial charge in [-0.1, -0.05) is 29.8 Å². The highest BCUT2D eigenvalue weighted by molar-refractivity contribution is 5.82. The molecule has 0 fully saturated rings. The Bertz CT molecular complexity index is 1150. The molecule has 2 heterocycles. The third kappa shape index (κ3) is 2.56. The molecular formula is C21H22N4O. The van der Waals surface area contributed by atoms with Crippen molar-refractivity contribution in [3.63, 3.8) is 0 Å². The van der Waals surface area contributed by atoms with E-state index in [1.54, 1.807) is 0 Å². The first-order valence-corrected chi connectivity index (χ1v) is 8.98. The molecule has 0 aliphatic heterocycles. The number of hydrogen-bond acceptors (Lipinski definition) is 2. The maximum absolute atomic E-state index is 12.5. The number of aryl methyl sites for hydroxylation is 3. The van der Waals surface area contributed by atoms with Crippen molar-refractivity contribution in [1.29, 1.82) is 0 Å². The summed E-state index contributed by atoms with van der Waals surface area (Å²) in [5.41, 5.74) is 6.23. The average Bonchev–Trinajstić information content (AvgIpc) is 3.23. The molecule has 5 nitrogen and oxygen atoms in total. The first-order valence-electron chi connectivity index (χ1n) is 8.98. The van der Waals surface area contributed by atoms with E-state index in [2.05, 4.69) is 41.2 Å². The van der Waals surface area contributed by atoms with Crippen molar-refractivity contribution >= 4 is 11.0 Å². The predicted molar refractivity (Wildman–Crippen MR) is 105 cm³/mol. The fourth-order valence-corrected chi connectivity index (χ4v) is 3.51. The van der Waals surface area contributed by atoms with Crippen molar-refractivity contribution in [2.24, 2.45) is 0 Å². The van der Waals surface area contributed by atoms with Crippen LogP contribution in [-0.4, -0.2) is 19.1 Å². The van der Waals surface area contributed by atoms with Gasteiger partial charge in [-0.15, -0.1) is 0 Å². The minimum Gasteiger partial charge on any atom is -0.338 e. The molecule has 4 aromatic rings. The molecule has 4 rings (SSSR count). The Hall–Kier alpha value is -3.08. The van der Waals surface area contributed by atoms with Gasteiger partial charge in [-0.05, 0) is 39.0 Å². The average molecular weight is 346 g/mol. The number of nitrogens with zero attached hydrogens (tertiary/aromatic N) is 3. The quantitative estimate of drug-likeness (QED) is 0.602. The van der Waals surface area contributed by atoms with Crippen LogP contribution in [0.1, 0.15) is 19.4 Å². The third-order valence-corrected chi connectivity index (χ3v) is 4.83. The van der Waals surface area contributed by atoms with E-state index >= 15 is 0 Å². The fourth-order valence-electron chi connectivity index (χ4n) is 3.51. The molecule has 132 valence electrons. The van der Waals surface area contributed by atoms with E-state index in [0.717, 1.165) is 33.7 Å². The zero-order chi connectivity index (χ0) is 18.3. The minimum absolute atomic E-state index is 0.0483. The standard InChI is InChI=1S/C21H22N4O/c1-4-24-18-10-9-15(12-19(18)25(5-2)21(24)26)17-13-22-20(23-17)16-8-6-7-14(3)11-16/h6-13H,4-5H2,1-3H3,(H,22,23). The van der Waals surface area contributed by atoms with Crippen molar-refractivity contribution in [2.45, 2.75) is 33.9 Å². The van der Waals surface area contributed by atoms with Crippen molar-refractivity contribution in [1.82, 2.24) is 19.1 Å². The van der Waals surface area contributed by atoms with Crippen LogP contribution < -0.4 is 5.69 Å². The summed E-state index contributed by atoms with van der Waals surface area (Å²) in [4.78, 5) is 20.5. The van der Waals surface area contributed by atoms with Gasteiger partial charge in [0.1, 0.15) is 5.82 Å². The largest absolute Gasteiger partial charge is 0.338 e. The molecule has 0 unspecified atom stereocenters. The van der Waals surface area contributed by atoms with Gasteiger partial charge in [0.15, 0.2) is 0 Å². The number of H-pyrrole nitrogens is 1. The van der Waals surface area contributed by atoms with Crippen LogP contribution in [0.5, 0.6) is 0 Å². The lowest BCUT2D eigenvalue weighted by molar-refractivity contribution is 0.671. The van der Waals surface area contributed by atoms with E-state index in [1.807, 2.05) is 47.4 Å². The van der Waals surface area contributed by atoms with E-state index in [4.69, 9.17) is 0 Å². The molecule has 0 amide bonds. The van der Waals surface area contributed by atoms with Crippen LogP contribution in [0.15, 0.2) is 53.5 Å². The fraction of sp³-hybridized carbons (Fsp3) is 0.238. The van der Waals surface area contributed by atoms with E-state index in [0.29, 0.717) is 13.1 Å². The second-order valence-electron chi connectivity index (χ2n) is 6.49. The first-order chi connectivity index (χ1) is 12.6. The predicted octanol–water partition coefficient (Wildman–Crippen LogP) is 4.21. The molecule has 0 saturated carbocycles. The molecule has 0 bridgehead atoms. The lowest BCUT2D eigenvalue weighted by Gasteiger charge is -2.02. The number of aromatic amines is 1. The van der Waals surface area contributed by atoms with E-state index in [-0.39, 0.29) is 5.69 Å². The second kappa shape index (κ2) is 6.33. The normalized spacial score (nSPS) is 11.3. The van der Waals surface area contributed by atoms with Crippen molar-refractivity contribution < 1.29 is 0 Å². The van der Waals surface area contributed by atoms with Gasteiger partial charge in [0.05, 0.1) is 22.9 Å². The summed E-state index contributed by atoms with van der Waals surface area (Å²) >= 11 is 0. The van der Waals surface area contributed by atoms with Gasteiger partial charge < -0.3 is 4.98 Å². The number of fused-ring (bicyclic) bond motifs is 1. The molecule has 5 heteroatoms. The number of nitrogens with one attached hydrogen (secondary N) is 1. The van der Waals surface area contributed by atoms with Gasteiger partial charge in [-0.2, -0.15) is 0 Å². The highest BCUT2D eigenvalue weighted by Gasteiger charge is 2.13. The molecule has 0 aliphatic rings. The van der Waals surface area contributed by atoms with Crippen LogP contribution in [0.25, 0.3) is 33.7 Å². The number of imidazole rings is 2. The molecular weight excluding hydrogens is 324 g/mol. The molecule has 2 aromatic heterocycles. The van der Waals surface area contributed by atoms with Crippen LogP contribution in [0.3, 0.4) is 0 Å². The maximum Gasteiger partial charge on any atom is 0.329 e. The Labute approximate surface area is 151 Å². The summed E-state index contributed by atoms with van der Waals surface area (Å²) in [5.74, 6) is 0.850. The van der Waals surface area contributed by atoms with Crippen molar-refractivity contribution in [3.8, 4) is 22.6 Å². The Morgan fingerprint density at radius 3 is 2.46 bits per heavy atom. The smallest absolute Gasteiger partial charge is 0.329 e.